The van der Waals surface area contributed by atoms with Crippen LogP contribution in [0.25, 0.3) is 0 Å². The Morgan fingerprint density at radius 1 is 1.44 bits per heavy atom. The second-order valence-corrected chi connectivity index (χ2v) is 10.1. The second kappa shape index (κ2) is 12.2. The topological polar surface area (TPSA) is 144 Å². The van der Waals surface area contributed by atoms with Crippen molar-refractivity contribution in [2.24, 2.45) is 0 Å². The van der Waals surface area contributed by atoms with Gasteiger partial charge in [-0.05, 0) is 71.2 Å². The van der Waals surface area contributed by atoms with Crippen molar-refractivity contribution in [3.05, 3.63) is 35.0 Å². The Morgan fingerprint density at radius 2 is 2.19 bits per heavy atom. The van der Waals surface area contributed by atoms with E-state index in [9.17, 15) is 10.4 Å². The van der Waals surface area contributed by atoms with Crippen molar-refractivity contribution in [2.45, 2.75) is 70.2 Å². The van der Waals surface area contributed by atoms with Crippen molar-refractivity contribution in [1.82, 2.24) is 14.9 Å². The van der Waals surface area contributed by atoms with Crippen molar-refractivity contribution >= 4 is 35.5 Å². The molecule has 0 bridgehead atoms. The van der Waals surface area contributed by atoms with Crippen LogP contribution in [0.4, 0.5) is 17.5 Å². The lowest BCUT2D eigenvalue weighted by atomic mass is 9.84. The molecule has 3 heterocycles. The first-order valence-corrected chi connectivity index (χ1v) is 12.3. The number of hydrogen-bond acceptors (Lipinski definition) is 9. The molecule has 4 rings (SSSR count). The summed E-state index contributed by atoms with van der Waals surface area (Å²) < 4.78 is 5.50. The van der Waals surface area contributed by atoms with E-state index in [2.05, 4.69) is 45.4 Å². The van der Waals surface area contributed by atoms with Gasteiger partial charge < -0.3 is 25.6 Å². The van der Waals surface area contributed by atoms with Gasteiger partial charge in [0, 0.05) is 23.3 Å². The van der Waals surface area contributed by atoms with E-state index < -0.39 is 6.10 Å². The number of nitrogens with one attached hydrogen (secondary N) is 2. The van der Waals surface area contributed by atoms with Crippen molar-refractivity contribution in [1.29, 1.82) is 5.26 Å². The van der Waals surface area contributed by atoms with E-state index in [1.165, 1.54) is 19.4 Å². The van der Waals surface area contributed by atoms with Gasteiger partial charge in [0.15, 0.2) is 5.82 Å². The van der Waals surface area contributed by atoms with Gasteiger partial charge in [-0.1, -0.05) is 11.6 Å². The summed E-state index contributed by atoms with van der Waals surface area (Å²) in [5.41, 5.74) is 1.16. The quantitative estimate of drug-likeness (QED) is 0.398. The Hall–Kier alpha value is -3.13. The summed E-state index contributed by atoms with van der Waals surface area (Å²) in [6, 6.07) is 8.15. The summed E-state index contributed by atoms with van der Waals surface area (Å²) in [7, 11) is 0. The molecule has 2 aliphatic rings. The lowest BCUT2D eigenvalue weighted by Crippen LogP contribution is -2.55. The Kier molecular flexibility index (Phi) is 9.31. The van der Waals surface area contributed by atoms with Crippen LogP contribution in [-0.2, 0) is 4.79 Å². The van der Waals surface area contributed by atoms with Crippen LogP contribution < -0.4 is 15.4 Å². The number of rotatable bonds is 7. The van der Waals surface area contributed by atoms with E-state index in [1.807, 2.05) is 0 Å². The molecule has 194 valence electrons. The number of fused-ring (bicyclic) bond motifs is 1. The van der Waals surface area contributed by atoms with Crippen LogP contribution in [0.2, 0.25) is 5.02 Å². The molecule has 0 amide bonds. The van der Waals surface area contributed by atoms with E-state index in [0.717, 1.165) is 12.8 Å². The zero-order valence-corrected chi connectivity index (χ0v) is 21.5. The SMILES string of the molecule is CC(O)COc1ccc(Nc2ncc(Cl)c(N[C@@H]3C[C@@H]4CCCN4C(C)(C)C3)n2)cc1C#N.O=CO. The first-order chi connectivity index (χ1) is 17.2. The Balaban J connectivity index is 0.00000115. The average molecular weight is 517 g/mol. The third kappa shape index (κ3) is 6.97. The molecule has 2 fully saturated rings. The number of carboxylic acid groups (broad SMARTS) is 1. The van der Waals surface area contributed by atoms with Crippen molar-refractivity contribution in [3.63, 3.8) is 0 Å². The average Bonchev–Trinajstić information content (AvgIpc) is 3.30. The summed E-state index contributed by atoms with van der Waals surface area (Å²) in [5, 5.41) is 32.9. The number of aliphatic hydroxyl groups excluding tert-OH is 1. The Bertz CT molecular complexity index is 1090. The number of aromatic nitrogens is 2. The van der Waals surface area contributed by atoms with Crippen molar-refractivity contribution in [3.8, 4) is 11.8 Å². The van der Waals surface area contributed by atoms with Crippen molar-refractivity contribution in [2.75, 3.05) is 23.8 Å². The lowest BCUT2D eigenvalue weighted by Gasteiger charge is -2.47. The van der Waals surface area contributed by atoms with Crippen LogP contribution in [0.15, 0.2) is 24.4 Å². The fourth-order valence-electron chi connectivity index (χ4n) is 5.00. The zero-order chi connectivity index (χ0) is 26.3. The van der Waals surface area contributed by atoms with Crippen LogP contribution in [0.3, 0.4) is 0 Å². The maximum absolute atomic E-state index is 9.46. The minimum absolute atomic E-state index is 0.118. The van der Waals surface area contributed by atoms with Gasteiger partial charge in [0.1, 0.15) is 23.4 Å². The number of benzene rings is 1. The number of carbonyl (C=O) groups is 1. The Morgan fingerprint density at radius 3 is 2.89 bits per heavy atom. The summed E-state index contributed by atoms with van der Waals surface area (Å²) in [5.74, 6) is 1.42. The highest BCUT2D eigenvalue weighted by molar-refractivity contribution is 6.32. The number of halogens is 1. The molecular weight excluding hydrogens is 484 g/mol. The number of piperidine rings is 1. The molecule has 0 radical (unpaired) electrons. The van der Waals surface area contributed by atoms with Crippen LogP contribution in [0, 0.1) is 11.3 Å². The molecule has 10 nitrogen and oxygen atoms in total. The van der Waals surface area contributed by atoms with E-state index in [-0.39, 0.29) is 24.7 Å². The highest BCUT2D eigenvalue weighted by Gasteiger charge is 2.43. The molecule has 2 aliphatic heterocycles. The van der Waals surface area contributed by atoms with Crippen LogP contribution in [0.1, 0.15) is 52.0 Å². The minimum Gasteiger partial charge on any atom is -0.490 e. The standard InChI is InChI=1S/C24H31ClN6O2.CH2O2/c1-15(32)14-33-21-7-6-17(9-16(21)12-26)29-23-27-13-20(25)22(30-23)28-18-10-19-5-4-8-31(19)24(2,3)11-18;2-1-3/h6-7,9,13,15,18-19,32H,4-5,8,10-11,14H2,1-3H3,(H2,27,28,29,30);1H,(H,2,3)/t15?,18-,19+;/m1./s1. The van der Waals surface area contributed by atoms with Gasteiger partial charge in [-0.3, -0.25) is 9.69 Å². The number of ether oxygens (including phenoxy) is 1. The molecule has 2 aromatic rings. The van der Waals surface area contributed by atoms with E-state index >= 15 is 0 Å². The summed E-state index contributed by atoms with van der Waals surface area (Å²) >= 11 is 6.42. The number of nitriles is 1. The highest BCUT2D eigenvalue weighted by atomic mass is 35.5. The summed E-state index contributed by atoms with van der Waals surface area (Å²) in [6.07, 6.45) is 5.56. The van der Waals surface area contributed by atoms with Gasteiger partial charge in [-0.2, -0.15) is 10.2 Å². The maximum atomic E-state index is 9.46. The number of hydrogen-bond donors (Lipinski definition) is 4. The largest absolute Gasteiger partial charge is 0.490 e. The monoisotopic (exact) mass is 516 g/mol. The van der Waals surface area contributed by atoms with Gasteiger partial charge in [0.25, 0.3) is 6.47 Å². The fraction of sp³-hybridized carbons (Fsp3) is 0.520. The molecule has 1 unspecified atom stereocenters. The third-order valence-corrected chi connectivity index (χ3v) is 6.65. The van der Waals surface area contributed by atoms with Gasteiger partial charge >= 0.3 is 0 Å². The Labute approximate surface area is 216 Å². The van der Waals surface area contributed by atoms with Crippen LogP contribution >= 0.6 is 11.6 Å². The molecule has 0 saturated carbocycles. The summed E-state index contributed by atoms with van der Waals surface area (Å²) in [4.78, 5) is 19.9. The molecule has 36 heavy (non-hydrogen) atoms. The lowest BCUT2D eigenvalue weighted by molar-refractivity contribution is -0.122. The van der Waals surface area contributed by atoms with Crippen LogP contribution in [0.5, 0.6) is 5.75 Å². The number of nitrogens with zero attached hydrogens (tertiary/aromatic N) is 4. The second-order valence-electron chi connectivity index (χ2n) is 9.69. The summed E-state index contributed by atoms with van der Waals surface area (Å²) in [6.45, 7) is 7.31. The van der Waals surface area contributed by atoms with Gasteiger partial charge in [-0.15, -0.1) is 0 Å². The predicted octanol–water partition coefficient (Wildman–Crippen LogP) is 4.02. The highest BCUT2D eigenvalue weighted by Crippen LogP contribution is 2.39. The van der Waals surface area contributed by atoms with Crippen LogP contribution in [-0.4, -0.2) is 68.4 Å². The molecular formula is C25H33ClN6O4. The molecule has 0 spiro atoms. The molecule has 3 atom stereocenters. The third-order valence-electron chi connectivity index (χ3n) is 6.38. The normalized spacial score (nSPS) is 21.2. The molecule has 0 aliphatic carbocycles. The van der Waals surface area contributed by atoms with Gasteiger partial charge in [-0.25, -0.2) is 4.98 Å². The van der Waals surface area contributed by atoms with E-state index in [1.54, 1.807) is 31.3 Å². The van der Waals surface area contributed by atoms with Gasteiger partial charge in [0.05, 0.1) is 17.9 Å². The molecule has 2 saturated heterocycles. The van der Waals surface area contributed by atoms with Gasteiger partial charge in [0.2, 0.25) is 5.95 Å². The minimum atomic E-state index is -0.616. The van der Waals surface area contributed by atoms with Crippen molar-refractivity contribution < 1.29 is 19.7 Å². The molecule has 4 N–H and O–H groups in total. The molecule has 1 aromatic carbocycles. The van der Waals surface area contributed by atoms with E-state index in [4.69, 9.17) is 26.2 Å². The fourth-order valence-corrected chi connectivity index (χ4v) is 5.15. The molecule has 1 aromatic heterocycles. The number of anilines is 3. The molecule has 11 heteroatoms. The first kappa shape index (κ1) is 27.5. The maximum Gasteiger partial charge on any atom is 0.290 e. The smallest absolute Gasteiger partial charge is 0.290 e. The first-order valence-electron chi connectivity index (χ1n) is 11.9. The number of aliphatic hydroxyl groups is 1. The predicted molar refractivity (Wildman–Crippen MR) is 138 cm³/mol. The van der Waals surface area contributed by atoms with E-state index in [0.29, 0.717) is 39.8 Å². The zero-order valence-electron chi connectivity index (χ0n) is 20.7.